The van der Waals surface area contributed by atoms with Crippen molar-refractivity contribution >= 4 is 5.82 Å². The summed E-state index contributed by atoms with van der Waals surface area (Å²) in [5.74, 6) is -3.36. The van der Waals surface area contributed by atoms with Gasteiger partial charge in [0.2, 0.25) is 0 Å². The smallest absolute Gasteiger partial charge is 0.344 e. The summed E-state index contributed by atoms with van der Waals surface area (Å²) in [5, 5.41) is 2.82. The number of piperazine rings is 1. The molecule has 0 saturated carbocycles. The van der Waals surface area contributed by atoms with Crippen LogP contribution in [0.2, 0.25) is 0 Å². The lowest BCUT2D eigenvalue weighted by Gasteiger charge is -2.33. The zero-order valence-corrected chi connectivity index (χ0v) is 9.64. The first-order valence-electron chi connectivity index (χ1n) is 5.74. The molecule has 2 aliphatic rings. The number of pyridine rings is 1. The third-order valence-electron chi connectivity index (χ3n) is 3.49. The molecule has 1 atom stereocenters. The van der Waals surface area contributed by atoms with Gasteiger partial charge in [0, 0.05) is 25.8 Å². The van der Waals surface area contributed by atoms with Gasteiger partial charge in [-0.3, -0.25) is 0 Å². The Bertz CT molecular complexity index is 514. The molecule has 1 N–H and O–H groups in total. The van der Waals surface area contributed by atoms with Crippen LogP contribution in [0.3, 0.4) is 0 Å². The van der Waals surface area contributed by atoms with Crippen molar-refractivity contribution < 1.29 is 22.0 Å². The number of anilines is 1. The summed E-state index contributed by atoms with van der Waals surface area (Å²) < 4.78 is 66.0. The second-order valence-corrected chi connectivity index (χ2v) is 4.63. The molecule has 19 heavy (non-hydrogen) atoms. The summed E-state index contributed by atoms with van der Waals surface area (Å²) in [6.45, 7) is 0.852. The summed E-state index contributed by atoms with van der Waals surface area (Å²) in [6, 6.07) is -0.645. The van der Waals surface area contributed by atoms with Crippen LogP contribution >= 0.6 is 0 Å². The van der Waals surface area contributed by atoms with Crippen molar-refractivity contribution in [3.05, 3.63) is 23.4 Å². The minimum Gasteiger partial charge on any atom is -0.344 e. The second kappa shape index (κ2) is 3.78. The second-order valence-electron chi connectivity index (χ2n) is 4.63. The van der Waals surface area contributed by atoms with Gasteiger partial charge in [-0.25, -0.2) is 4.98 Å². The van der Waals surface area contributed by atoms with Crippen molar-refractivity contribution in [3.63, 3.8) is 0 Å². The van der Waals surface area contributed by atoms with Crippen LogP contribution in [-0.4, -0.2) is 30.7 Å². The lowest BCUT2D eigenvalue weighted by Crippen LogP contribution is -2.54. The van der Waals surface area contributed by atoms with E-state index in [1.54, 1.807) is 0 Å². The molecule has 3 rings (SSSR count). The Morgan fingerprint density at radius 3 is 2.79 bits per heavy atom. The van der Waals surface area contributed by atoms with Gasteiger partial charge in [-0.1, -0.05) is 0 Å². The predicted octanol–water partition coefficient (Wildman–Crippen LogP) is 1.98. The summed E-state index contributed by atoms with van der Waals surface area (Å²) in [7, 11) is 0. The van der Waals surface area contributed by atoms with Crippen LogP contribution in [0.25, 0.3) is 0 Å². The van der Waals surface area contributed by atoms with Crippen molar-refractivity contribution in [1.29, 1.82) is 0 Å². The van der Waals surface area contributed by atoms with Crippen LogP contribution in [-0.2, 0) is 12.1 Å². The van der Waals surface area contributed by atoms with Gasteiger partial charge in [-0.2, -0.15) is 22.0 Å². The molecule has 1 saturated heterocycles. The average Bonchev–Trinajstić information content (AvgIpc) is 2.58. The van der Waals surface area contributed by atoms with Crippen molar-refractivity contribution in [2.24, 2.45) is 0 Å². The monoisotopic (exact) mass is 279 g/mol. The SMILES string of the molecule is FC(F)(F)c1cnc2c(c1)C(F)(F)C1CNCCN21. The van der Waals surface area contributed by atoms with Crippen LogP contribution in [0, 0.1) is 0 Å². The van der Waals surface area contributed by atoms with E-state index in [0.717, 1.165) is 0 Å². The van der Waals surface area contributed by atoms with E-state index in [0.29, 0.717) is 25.4 Å². The third-order valence-corrected chi connectivity index (χ3v) is 3.49. The molecule has 0 aliphatic carbocycles. The number of nitrogens with zero attached hydrogens (tertiary/aromatic N) is 2. The Labute approximate surface area is 105 Å². The van der Waals surface area contributed by atoms with E-state index < -0.39 is 29.3 Å². The molecular weight excluding hydrogens is 269 g/mol. The van der Waals surface area contributed by atoms with E-state index in [-0.39, 0.29) is 12.4 Å². The van der Waals surface area contributed by atoms with Crippen molar-refractivity contribution in [2.75, 3.05) is 24.5 Å². The van der Waals surface area contributed by atoms with Crippen molar-refractivity contribution in [2.45, 2.75) is 18.1 Å². The highest BCUT2D eigenvalue weighted by molar-refractivity contribution is 5.59. The Hall–Kier alpha value is -1.44. The molecule has 0 radical (unpaired) electrons. The number of halogens is 5. The minimum absolute atomic E-state index is 0.0325. The van der Waals surface area contributed by atoms with Gasteiger partial charge in [0.05, 0.1) is 11.1 Å². The molecule has 2 aliphatic heterocycles. The quantitative estimate of drug-likeness (QED) is 0.736. The fourth-order valence-corrected chi connectivity index (χ4v) is 2.55. The first kappa shape index (κ1) is 12.6. The van der Waals surface area contributed by atoms with Crippen LogP contribution < -0.4 is 10.2 Å². The maximum Gasteiger partial charge on any atom is 0.417 e. The molecule has 8 heteroatoms. The molecule has 0 bridgehead atoms. The Morgan fingerprint density at radius 1 is 1.37 bits per heavy atom. The molecule has 1 aromatic heterocycles. The van der Waals surface area contributed by atoms with Crippen molar-refractivity contribution in [1.82, 2.24) is 10.3 Å². The summed E-state index contributed by atoms with van der Waals surface area (Å²) >= 11 is 0. The van der Waals surface area contributed by atoms with E-state index in [9.17, 15) is 22.0 Å². The fraction of sp³-hybridized carbons (Fsp3) is 0.545. The zero-order valence-electron chi connectivity index (χ0n) is 9.64. The summed E-state index contributed by atoms with van der Waals surface area (Å²) in [4.78, 5) is 4.98. The highest BCUT2D eigenvalue weighted by atomic mass is 19.4. The van der Waals surface area contributed by atoms with Gasteiger partial charge >= 0.3 is 6.18 Å². The van der Waals surface area contributed by atoms with Crippen LogP contribution in [0.4, 0.5) is 27.8 Å². The maximum absolute atomic E-state index is 14.2. The van der Waals surface area contributed by atoms with Crippen LogP contribution in [0.15, 0.2) is 12.3 Å². The molecule has 1 fully saturated rings. The lowest BCUT2D eigenvalue weighted by molar-refractivity contribution is -0.138. The molecule has 0 spiro atoms. The molecule has 0 amide bonds. The standard InChI is InChI=1S/C11H10F5N3/c12-10(13)7-3-6(11(14,15)16)4-18-9(7)19-2-1-17-5-8(10)19/h3-4,8,17H,1-2,5H2. The maximum atomic E-state index is 14.2. The Morgan fingerprint density at radius 2 is 2.11 bits per heavy atom. The third kappa shape index (κ3) is 1.77. The first-order valence-corrected chi connectivity index (χ1v) is 5.74. The van der Waals surface area contributed by atoms with Crippen LogP contribution in [0.5, 0.6) is 0 Å². The number of fused-ring (bicyclic) bond motifs is 3. The Kier molecular flexibility index (Phi) is 2.51. The lowest BCUT2D eigenvalue weighted by atomic mass is 10.0. The van der Waals surface area contributed by atoms with Gasteiger partial charge in [0.15, 0.2) is 0 Å². The van der Waals surface area contributed by atoms with E-state index in [1.807, 2.05) is 0 Å². The zero-order chi connectivity index (χ0) is 13.8. The number of hydrogen-bond acceptors (Lipinski definition) is 3. The molecule has 104 valence electrons. The number of hydrogen-bond donors (Lipinski definition) is 1. The number of aromatic nitrogens is 1. The van der Waals surface area contributed by atoms with Gasteiger partial charge in [0.1, 0.15) is 11.9 Å². The normalized spacial score (nSPS) is 25.1. The number of nitrogens with one attached hydrogen (secondary N) is 1. The number of rotatable bonds is 0. The fourth-order valence-electron chi connectivity index (χ4n) is 2.55. The largest absolute Gasteiger partial charge is 0.417 e. The molecule has 0 aromatic carbocycles. The van der Waals surface area contributed by atoms with E-state index in [1.165, 1.54) is 4.90 Å². The minimum atomic E-state index is -4.67. The van der Waals surface area contributed by atoms with Gasteiger partial charge in [-0.05, 0) is 6.07 Å². The highest BCUT2D eigenvalue weighted by Crippen LogP contribution is 2.48. The molecular formula is C11H10F5N3. The van der Waals surface area contributed by atoms with Crippen molar-refractivity contribution in [3.8, 4) is 0 Å². The van der Waals surface area contributed by atoms with E-state index >= 15 is 0 Å². The highest BCUT2D eigenvalue weighted by Gasteiger charge is 2.55. The molecule has 3 nitrogen and oxygen atoms in total. The van der Waals surface area contributed by atoms with Gasteiger partial charge in [-0.15, -0.1) is 0 Å². The molecule has 1 unspecified atom stereocenters. The number of alkyl halides is 5. The average molecular weight is 279 g/mol. The van der Waals surface area contributed by atoms with E-state index in [2.05, 4.69) is 10.3 Å². The topological polar surface area (TPSA) is 28.2 Å². The van der Waals surface area contributed by atoms with Crippen LogP contribution in [0.1, 0.15) is 11.1 Å². The molecule has 1 aromatic rings. The summed E-state index contributed by atoms with van der Waals surface area (Å²) in [6.07, 6.45) is -4.06. The first-order chi connectivity index (χ1) is 8.82. The summed E-state index contributed by atoms with van der Waals surface area (Å²) in [5.41, 5.74) is -1.77. The predicted molar refractivity (Wildman–Crippen MR) is 57.1 cm³/mol. The Balaban J connectivity index is 2.11. The van der Waals surface area contributed by atoms with E-state index in [4.69, 9.17) is 0 Å². The van der Waals surface area contributed by atoms with Gasteiger partial charge < -0.3 is 10.2 Å². The van der Waals surface area contributed by atoms with Gasteiger partial charge in [0.25, 0.3) is 5.92 Å². The molecule has 3 heterocycles.